The number of hydrogen-bond acceptors (Lipinski definition) is 2. The molecule has 4 heteroatoms. The molecule has 0 amide bonds. The van der Waals surface area contributed by atoms with Gasteiger partial charge in [0.2, 0.25) is 0 Å². The predicted octanol–water partition coefficient (Wildman–Crippen LogP) is 2.80. The number of methoxy groups -OCH3 is 1. The zero-order valence-electron chi connectivity index (χ0n) is 9.37. The Hall–Kier alpha value is -1.58. The molecule has 0 heterocycles. The number of ether oxygens (including phenoxy) is 1. The second-order valence-corrected chi connectivity index (χ2v) is 3.60. The third-order valence-corrected chi connectivity index (χ3v) is 2.56. The van der Waals surface area contributed by atoms with Crippen LogP contribution in [-0.4, -0.2) is 18.2 Å². The van der Waals surface area contributed by atoms with E-state index in [9.17, 15) is 9.18 Å². The summed E-state index contributed by atoms with van der Waals surface area (Å²) in [5.74, 6) is -1.31. The third kappa shape index (κ3) is 2.95. The van der Waals surface area contributed by atoms with Crippen LogP contribution < -0.4 is 4.74 Å². The van der Waals surface area contributed by atoms with Crippen molar-refractivity contribution in [2.24, 2.45) is 0 Å². The highest BCUT2D eigenvalue weighted by molar-refractivity contribution is 5.68. The average molecular weight is 226 g/mol. The van der Waals surface area contributed by atoms with Crippen molar-refractivity contribution in [2.75, 3.05) is 7.11 Å². The minimum atomic E-state index is -0.872. The van der Waals surface area contributed by atoms with E-state index in [0.717, 1.165) is 0 Å². The molecule has 0 aromatic heterocycles. The maximum absolute atomic E-state index is 13.4. The SMILES string of the molecule is CCC(CC(=O)O)c1ccc(OC)c(F)c1. The summed E-state index contributed by atoms with van der Waals surface area (Å²) in [5, 5.41) is 8.73. The van der Waals surface area contributed by atoms with Crippen LogP contribution in [0.1, 0.15) is 31.2 Å². The number of aliphatic carboxylic acids is 1. The second-order valence-electron chi connectivity index (χ2n) is 3.60. The van der Waals surface area contributed by atoms with Crippen molar-refractivity contribution in [3.8, 4) is 5.75 Å². The molecule has 1 unspecified atom stereocenters. The fraction of sp³-hybridized carbons (Fsp3) is 0.417. The van der Waals surface area contributed by atoms with Gasteiger partial charge in [0.05, 0.1) is 13.5 Å². The summed E-state index contributed by atoms with van der Waals surface area (Å²) >= 11 is 0. The molecule has 0 spiro atoms. The van der Waals surface area contributed by atoms with Crippen LogP contribution in [0.5, 0.6) is 5.75 Å². The number of carboxylic acid groups (broad SMARTS) is 1. The van der Waals surface area contributed by atoms with Gasteiger partial charge in [-0.1, -0.05) is 13.0 Å². The molecule has 0 aliphatic carbocycles. The molecule has 3 nitrogen and oxygen atoms in total. The maximum atomic E-state index is 13.4. The van der Waals surface area contributed by atoms with Crippen LogP contribution in [0.3, 0.4) is 0 Å². The Labute approximate surface area is 93.9 Å². The van der Waals surface area contributed by atoms with Gasteiger partial charge >= 0.3 is 5.97 Å². The van der Waals surface area contributed by atoms with E-state index < -0.39 is 11.8 Å². The van der Waals surface area contributed by atoms with Crippen molar-refractivity contribution in [1.82, 2.24) is 0 Å². The monoisotopic (exact) mass is 226 g/mol. The molecule has 1 aromatic carbocycles. The number of carbonyl (C=O) groups is 1. The van der Waals surface area contributed by atoms with Gasteiger partial charge in [-0.25, -0.2) is 4.39 Å². The van der Waals surface area contributed by atoms with Crippen LogP contribution in [0.2, 0.25) is 0 Å². The summed E-state index contributed by atoms with van der Waals surface area (Å²) < 4.78 is 18.2. The number of hydrogen-bond donors (Lipinski definition) is 1. The Bertz CT molecular complexity index is 377. The molecule has 1 N–H and O–H groups in total. The number of benzene rings is 1. The number of carboxylic acids is 1. The standard InChI is InChI=1S/C12H15FO3/c1-3-8(7-12(14)15)9-4-5-11(16-2)10(13)6-9/h4-6,8H,3,7H2,1-2H3,(H,14,15). The van der Waals surface area contributed by atoms with Crippen LogP contribution in [0.25, 0.3) is 0 Å². The topological polar surface area (TPSA) is 46.5 Å². The summed E-state index contributed by atoms with van der Waals surface area (Å²) in [5.41, 5.74) is 0.697. The molecule has 0 radical (unpaired) electrons. The van der Waals surface area contributed by atoms with Crippen molar-refractivity contribution in [3.05, 3.63) is 29.6 Å². The van der Waals surface area contributed by atoms with E-state index in [4.69, 9.17) is 9.84 Å². The smallest absolute Gasteiger partial charge is 0.303 e. The molecular formula is C12H15FO3. The average Bonchev–Trinajstić information content (AvgIpc) is 2.25. The van der Waals surface area contributed by atoms with E-state index in [1.54, 1.807) is 6.07 Å². The van der Waals surface area contributed by atoms with Gasteiger partial charge in [0, 0.05) is 0 Å². The lowest BCUT2D eigenvalue weighted by Crippen LogP contribution is -2.06. The highest BCUT2D eigenvalue weighted by atomic mass is 19.1. The first-order valence-electron chi connectivity index (χ1n) is 5.13. The zero-order valence-corrected chi connectivity index (χ0v) is 9.37. The second kappa shape index (κ2) is 5.49. The highest BCUT2D eigenvalue weighted by Gasteiger charge is 2.15. The molecule has 1 rings (SSSR count). The lowest BCUT2D eigenvalue weighted by Gasteiger charge is -2.13. The van der Waals surface area contributed by atoms with Crippen LogP contribution >= 0.6 is 0 Å². The summed E-state index contributed by atoms with van der Waals surface area (Å²) in [6, 6.07) is 4.57. The predicted molar refractivity (Wildman–Crippen MR) is 58.2 cm³/mol. The van der Waals surface area contributed by atoms with E-state index in [2.05, 4.69) is 0 Å². The summed E-state index contributed by atoms with van der Waals surface area (Å²) in [7, 11) is 1.40. The van der Waals surface area contributed by atoms with E-state index in [0.29, 0.717) is 12.0 Å². The Morgan fingerprint density at radius 2 is 2.25 bits per heavy atom. The molecule has 0 aliphatic rings. The van der Waals surface area contributed by atoms with Crippen LogP contribution in [0.4, 0.5) is 4.39 Å². The Kier molecular flexibility index (Phi) is 4.28. The van der Waals surface area contributed by atoms with Crippen molar-refractivity contribution >= 4 is 5.97 Å². The molecule has 0 fully saturated rings. The maximum Gasteiger partial charge on any atom is 0.303 e. The summed E-state index contributed by atoms with van der Waals surface area (Å²) in [6.07, 6.45) is 0.681. The van der Waals surface area contributed by atoms with E-state index in [1.165, 1.54) is 19.2 Å². The number of rotatable bonds is 5. The van der Waals surface area contributed by atoms with Gasteiger partial charge in [-0.2, -0.15) is 0 Å². The van der Waals surface area contributed by atoms with E-state index in [-0.39, 0.29) is 18.1 Å². The molecule has 1 aromatic rings. The van der Waals surface area contributed by atoms with Crippen molar-refractivity contribution in [2.45, 2.75) is 25.7 Å². The lowest BCUT2D eigenvalue weighted by molar-refractivity contribution is -0.137. The molecule has 0 aliphatic heterocycles. The van der Waals surface area contributed by atoms with Gasteiger partial charge in [0.1, 0.15) is 0 Å². The molecule has 0 bridgehead atoms. The van der Waals surface area contributed by atoms with Crippen LogP contribution in [-0.2, 0) is 4.79 Å². The van der Waals surface area contributed by atoms with Crippen molar-refractivity contribution in [3.63, 3.8) is 0 Å². The van der Waals surface area contributed by atoms with Crippen LogP contribution in [0, 0.1) is 5.82 Å². The first-order valence-corrected chi connectivity index (χ1v) is 5.13. The highest BCUT2D eigenvalue weighted by Crippen LogP contribution is 2.27. The minimum Gasteiger partial charge on any atom is -0.494 e. The van der Waals surface area contributed by atoms with Crippen molar-refractivity contribution < 1.29 is 19.0 Å². The molecule has 16 heavy (non-hydrogen) atoms. The van der Waals surface area contributed by atoms with Crippen LogP contribution in [0.15, 0.2) is 18.2 Å². The molecule has 88 valence electrons. The zero-order chi connectivity index (χ0) is 12.1. The van der Waals surface area contributed by atoms with Gasteiger partial charge in [-0.05, 0) is 30.0 Å². The normalized spacial score (nSPS) is 12.2. The third-order valence-electron chi connectivity index (χ3n) is 2.56. The summed E-state index contributed by atoms with van der Waals surface area (Å²) in [6.45, 7) is 1.88. The van der Waals surface area contributed by atoms with E-state index >= 15 is 0 Å². The van der Waals surface area contributed by atoms with E-state index in [1.807, 2.05) is 6.92 Å². The molecule has 1 atom stereocenters. The van der Waals surface area contributed by atoms with Gasteiger partial charge in [-0.3, -0.25) is 4.79 Å². The Balaban J connectivity index is 2.93. The van der Waals surface area contributed by atoms with Gasteiger partial charge in [0.25, 0.3) is 0 Å². The fourth-order valence-corrected chi connectivity index (χ4v) is 1.65. The van der Waals surface area contributed by atoms with Gasteiger partial charge in [-0.15, -0.1) is 0 Å². The fourth-order valence-electron chi connectivity index (χ4n) is 1.65. The first-order chi connectivity index (χ1) is 7.58. The van der Waals surface area contributed by atoms with Gasteiger partial charge in [0.15, 0.2) is 11.6 Å². The Morgan fingerprint density at radius 1 is 1.56 bits per heavy atom. The molecular weight excluding hydrogens is 211 g/mol. The Morgan fingerprint density at radius 3 is 2.69 bits per heavy atom. The largest absolute Gasteiger partial charge is 0.494 e. The number of halogens is 1. The molecule has 0 saturated heterocycles. The van der Waals surface area contributed by atoms with Crippen molar-refractivity contribution in [1.29, 1.82) is 0 Å². The summed E-state index contributed by atoms with van der Waals surface area (Å²) in [4.78, 5) is 10.6. The minimum absolute atomic E-state index is 0.0161. The quantitative estimate of drug-likeness (QED) is 0.839. The first kappa shape index (κ1) is 12.5. The molecule has 0 saturated carbocycles. The van der Waals surface area contributed by atoms with Gasteiger partial charge < -0.3 is 9.84 Å². The lowest BCUT2D eigenvalue weighted by atomic mass is 9.93.